The van der Waals surface area contributed by atoms with Crippen molar-refractivity contribution in [3.05, 3.63) is 16.4 Å². The van der Waals surface area contributed by atoms with Crippen molar-refractivity contribution in [2.24, 2.45) is 5.73 Å². The molecular weight excluding hydrogens is 242 g/mol. The molecule has 1 atom stereocenters. The highest BCUT2D eigenvalue weighted by Crippen LogP contribution is 2.21. The fraction of sp³-hybridized carbons (Fsp3) is 0.636. The Morgan fingerprint density at radius 3 is 2.76 bits per heavy atom. The molecule has 17 heavy (non-hydrogen) atoms. The van der Waals surface area contributed by atoms with Crippen molar-refractivity contribution in [3.63, 3.8) is 0 Å². The predicted molar refractivity (Wildman–Crippen MR) is 66.0 cm³/mol. The third kappa shape index (κ3) is 3.20. The van der Waals surface area contributed by atoms with Crippen LogP contribution in [0.1, 0.15) is 25.2 Å². The Kier molecular flexibility index (Phi) is 4.96. The number of aromatic nitrogens is 2. The van der Waals surface area contributed by atoms with E-state index in [2.05, 4.69) is 5.10 Å². The van der Waals surface area contributed by atoms with Crippen LogP contribution in [0.2, 0.25) is 5.02 Å². The van der Waals surface area contributed by atoms with Crippen LogP contribution in [-0.2, 0) is 22.5 Å². The second-order valence-corrected chi connectivity index (χ2v) is 4.10. The number of nitrogens with zero attached hydrogens (tertiary/aromatic N) is 2. The maximum absolute atomic E-state index is 11.4. The number of ether oxygens (including phenoxy) is 1. The van der Waals surface area contributed by atoms with Gasteiger partial charge in [-0.2, -0.15) is 5.10 Å². The Balaban J connectivity index is 2.83. The van der Waals surface area contributed by atoms with Crippen LogP contribution in [0.3, 0.4) is 0 Å². The lowest BCUT2D eigenvalue weighted by Gasteiger charge is -2.11. The molecule has 0 aliphatic heterocycles. The Hall–Kier alpha value is -1.07. The van der Waals surface area contributed by atoms with Crippen molar-refractivity contribution >= 4 is 17.6 Å². The van der Waals surface area contributed by atoms with Crippen LogP contribution in [0, 0.1) is 6.92 Å². The number of carbonyl (C=O) groups excluding carboxylic acids is 1. The van der Waals surface area contributed by atoms with Gasteiger partial charge in [-0.3, -0.25) is 9.48 Å². The largest absolute Gasteiger partial charge is 0.465 e. The zero-order chi connectivity index (χ0) is 13.0. The molecule has 2 N–H and O–H groups in total. The first-order chi connectivity index (χ1) is 8.01. The molecule has 0 aromatic carbocycles. The van der Waals surface area contributed by atoms with Gasteiger partial charge in [0.25, 0.3) is 0 Å². The van der Waals surface area contributed by atoms with Gasteiger partial charge in [0.05, 0.1) is 23.0 Å². The van der Waals surface area contributed by atoms with Gasteiger partial charge in [0.1, 0.15) is 6.04 Å². The van der Waals surface area contributed by atoms with Gasteiger partial charge in [-0.1, -0.05) is 11.6 Å². The molecule has 0 saturated heterocycles. The Labute approximate surface area is 106 Å². The number of nitrogens with two attached hydrogens (primary N) is 1. The van der Waals surface area contributed by atoms with E-state index in [1.165, 1.54) is 0 Å². The van der Waals surface area contributed by atoms with Crippen molar-refractivity contribution in [1.82, 2.24) is 9.78 Å². The SMILES string of the molecule is CCOC(=O)C(N)Cc1c(Cl)c(C)nn1CC. The second-order valence-electron chi connectivity index (χ2n) is 3.72. The van der Waals surface area contributed by atoms with E-state index in [4.69, 9.17) is 22.1 Å². The fourth-order valence-electron chi connectivity index (χ4n) is 1.60. The zero-order valence-electron chi connectivity index (χ0n) is 10.4. The summed E-state index contributed by atoms with van der Waals surface area (Å²) in [6.45, 7) is 6.55. The summed E-state index contributed by atoms with van der Waals surface area (Å²) in [5.41, 5.74) is 7.30. The van der Waals surface area contributed by atoms with E-state index in [1.807, 2.05) is 13.8 Å². The number of hydrogen-bond acceptors (Lipinski definition) is 4. The molecule has 5 nitrogen and oxygen atoms in total. The quantitative estimate of drug-likeness (QED) is 0.809. The van der Waals surface area contributed by atoms with E-state index >= 15 is 0 Å². The maximum atomic E-state index is 11.4. The highest BCUT2D eigenvalue weighted by molar-refractivity contribution is 6.31. The smallest absolute Gasteiger partial charge is 0.323 e. The molecule has 1 unspecified atom stereocenters. The molecule has 0 saturated carbocycles. The number of esters is 1. The molecule has 6 heteroatoms. The summed E-state index contributed by atoms with van der Waals surface area (Å²) in [4.78, 5) is 11.4. The first kappa shape index (κ1) is 14.0. The van der Waals surface area contributed by atoms with Crippen molar-refractivity contribution in [2.75, 3.05) is 6.61 Å². The molecule has 0 fully saturated rings. The van der Waals surface area contributed by atoms with Crippen molar-refractivity contribution in [2.45, 2.75) is 39.8 Å². The zero-order valence-corrected chi connectivity index (χ0v) is 11.1. The average molecular weight is 260 g/mol. The first-order valence-corrected chi connectivity index (χ1v) is 6.03. The number of carbonyl (C=O) groups is 1. The lowest BCUT2D eigenvalue weighted by molar-refractivity contribution is -0.144. The number of hydrogen-bond donors (Lipinski definition) is 1. The van der Waals surface area contributed by atoms with E-state index in [-0.39, 0.29) is 0 Å². The summed E-state index contributed by atoms with van der Waals surface area (Å²) in [7, 11) is 0. The van der Waals surface area contributed by atoms with Crippen molar-refractivity contribution in [1.29, 1.82) is 0 Å². The lowest BCUT2D eigenvalue weighted by Crippen LogP contribution is -2.35. The van der Waals surface area contributed by atoms with Gasteiger partial charge in [0.15, 0.2) is 0 Å². The molecule has 0 spiro atoms. The van der Waals surface area contributed by atoms with Crippen LogP contribution in [0.15, 0.2) is 0 Å². The van der Waals surface area contributed by atoms with Crippen molar-refractivity contribution in [3.8, 4) is 0 Å². The average Bonchev–Trinajstić information content (AvgIpc) is 2.57. The van der Waals surface area contributed by atoms with Gasteiger partial charge in [-0.05, 0) is 20.8 Å². The Morgan fingerprint density at radius 1 is 1.59 bits per heavy atom. The van der Waals surface area contributed by atoms with Crippen LogP contribution >= 0.6 is 11.6 Å². The van der Waals surface area contributed by atoms with E-state index in [1.54, 1.807) is 11.6 Å². The summed E-state index contributed by atoms with van der Waals surface area (Å²) < 4.78 is 6.62. The molecule has 0 bridgehead atoms. The summed E-state index contributed by atoms with van der Waals surface area (Å²) in [5, 5.41) is 4.84. The minimum absolute atomic E-state index is 0.326. The van der Waals surface area contributed by atoms with E-state index in [9.17, 15) is 4.79 Å². The summed E-state index contributed by atoms with van der Waals surface area (Å²) in [6, 6.07) is -0.700. The first-order valence-electron chi connectivity index (χ1n) is 5.65. The van der Waals surface area contributed by atoms with Gasteiger partial charge in [-0.25, -0.2) is 0 Å². The highest BCUT2D eigenvalue weighted by Gasteiger charge is 2.21. The van der Waals surface area contributed by atoms with E-state index < -0.39 is 12.0 Å². The monoisotopic (exact) mass is 259 g/mol. The standard InChI is InChI=1S/C11H18ClN3O2/c1-4-15-9(10(12)7(3)14-15)6-8(13)11(16)17-5-2/h8H,4-6,13H2,1-3H3. The molecule has 1 aromatic rings. The van der Waals surface area contributed by atoms with E-state index in [0.717, 1.165) is 11.4 Å². The summed E-state index contributed by atoms with van der Waals surface area (Å²) in [5.74, 6) is -0.412. The molecule has 96 valence electrons. The molecule has 0 radical (unpaired) electrons. The number of aryl methyl sites for hydroxylation is 2. The van der Waals surface area contributed by atoms with E-state index in [0.29, 0.717) is 24.6 Å². The maximum Gasteiger partial charge on any atom is 0.323 e. The molecule has 0 aliphatic carbocycles. The topological polar surface area (TPSA) is 70.1 Å². The van der Waals surface area contributed by atoms with Gasteiger partial charge in [0.2, 0.25) is 0 Å². The fourth-order valence-corrected chi connectivity index (χ4v) is 1.82. The Morgan fingerprint density at radius 2 is 2.24 bits per heavy atom. The third-order valence-corrected chi connectivity index (χ3v) is 2.95. The molecule has 1 aromatic heterocycles. The number of halogens is 1. The van der Waals surface area contributed by atoms with Gasteiger partial charge < -0.3 is 10.5 Å². The lowest BCUT2D eigenvalue weighted by atomic mass is 10.1. The second kappa shape index (κ2) is 6.02. The van der Waals surface area contributed by atoms with Crippen LogP contribution in [0.25, 0.3) is 0 Å². The number of rotatable bonds is 5. The van der Waals surface area contributed by atoms with Crippen LogP contribution < -0.4 is 5.73 Å². The van der Waals surface area contributed by atoms with Crippen molar-refractivity contribution < 1.29 is 9.53 Å². The molecular formula is C11H18ClN3O2. The predicted octanol–water partition coefficient (Wildman–Crippen LogP) is 1.30. The minimum Gasteiger partial charge on any atom is -0.465 e. The van der Waals surface area contributed by atoms with Gasteiger partial charge >= 0.3 is 5.97 Å². The van der Waals surface area contributed by atoms with Crippen LogP contribution in [-0.4, -0.2) is 28.4 Å². The Bertz CT molecular complexity index is 404. The normalized spacial score (nSPS) is 12.5. The summed E-state index contributed by atoms with van der Waals surface area (Å²) in [6.07, 6.45) is 0.340. The molecule has 0 amide bonds. The molecule has 1 rings (SSSR count). The third-order valence-electron chi connectivity index (χ3n) is 2.46. The highest BCUT2D eigenvalue weighted by atomic mass is 35.5. The van der Waals surface area contributed by atoms with Gasteiger partial charge in [0, 0.05) is 13.0 Å². The molecule has 1 heterocycles. The van der Waals surface area contributed by atoms with Crippen LogP contribution in [0.4, 0.5) is 0 Å². The van der Waals surface area contributed by atoms with Crippen LogP contribution in [0.5, 0.6) is 0 Å². The van der Waals surface area contributed by atoms with Gasteiger partial charge in [-0.15, -0.1) is 0 Å². The minimum atomic E-state index is -0.700. The molecule has 0 aliphatic rings. The summed E-state index contributed by atoms with van der Waals surface area (Å²) >= 11 is 6.13.